The van der Waals surface area contributed by atoms with Crippen LogP contribution in [0.5, 0.6) is 0 Å². The van der Waals surface area contributed by atoms with E-state index in [4.69, 9.17) is 0 Å². The fourth-order valence-electron chi connectivity index (χ4n) is 11.9. The predicted molar refractivity (Wildman–Crippen MR) is 646 cm³/mol. The Bertz CT molecular complexity index is 5430. The Balaban J connectivity index is -0.000000141. The minimum atomic E-state index is 0. The third kappa shape index (κ3) is 69.2. The van der Waals surface area contributed by atoms with Crippen molar-refractivity contribution in [3.05, 3.63) is 482 Å². The van der Waals surface area contributed by atoms with Crippen LogP contribution in [0.15, 0.2) is 376 Å². The molecule has 0 bridgehead atoms. The van der Waals surface area contributed by atoms with Crippen LogP contribution in [0.1, 0.15) is 269 Å². The molecule has 0 aliphatic carbocycles. The van der Waals surface area contributed by atoms with Crippen molar-refractivity contribution in [2.75, 3.05) is 0 Å². The fourth-order valence-corrected chi connectivity index (χ4v) is 11.9. The topological polar surface area (TPSA) is 0 Å². The van der Waals surface area contributed by atoms with Gasteiger partial charge < -0.3 is 0 Å². The zero-order valence-electron chi connectivity index (χ0n) is 99.3. The second-order valence-corrected chi connectivity index (χ2v) is 26.2. The van der Waals surface area contributed by atoms with E-state index >= 15 is 0 Å². The molecule has 0 spiro atoms. The zero-order chi connectivity index (χ0) is 108. The molecule has 0 atom stereocenters. The van der Waals surface area contributed by atoms with Gasteiger partial charge in [0.2, 0.25) is 0 Å². The molecule has 17 aromatic rings. The first-order valence-electron chi connectivity index (χ1n) is 53.3. The first-order valence-corrected chi connectivity index (χ1v) is 53.3. The number of rotatable bonds is 11. The zero-order valence-corrected chi connectivity index (χ0v) is 116. The molecule has 0 aliphatic heterocycles. The molecule has 0 unspecified atom stereocenters. The van der Waals surface area contributed by atoms with Crippen molar-refractivity contribution in [3.8, 4) is 122 Å². The number of hydrogen-bond acceptors (Lipinski definition) is 0. The summed E-state index contributed by atoms with van der Waals surface area (Å²) in [5.41, 5.74) is 32.8. The molecule has 0 fully saturated rings. The Morgan fingerprint density at radius 2 is 0.378 bits per heavy atom. The minimum Gasteiger partial charge on any atom is -0.226 e. The number of benzene rings is 17. The summed E-state index contributed by atoms with van der Waals surface area (Å²) < 4.78 is 0. The molecular formula is C142H182Y6-12. The Kier molecular flexibility index (Phi) is 134. The van der Waals surface area contributed by atoms with Crippen LogP contribution in [0.4, 0.5) is 0 Å². The average Bonchev–Trinajstić information content (AvgIpc) is 0.824. The van der Waals surface area contributed by atoms with Crippen molar-refractivity contribution in [1.29, 1.82) is 0 Å². The van der Waals surface area contributed by atoms with Crippen LogP contribution in [0.25, 0.3) is 122 Å². The van der Waals surface area contributed by atoms with Crippen LogP contribution >= 0.6 is 0 Å². The Labute approximate surface area is 1060 Å². The summed E-state index contributed by atoms with van der Waals surface area (Å²) in [7, 11) is 0. The summed E-state index contributed by atoms with van der Waals surface area (Å²) in [6, 6.07) is 167. The molecule has 148 heavy (non-hydrogen) atoms. The van der Waals surface area contributed by atoms with Crippen molar-refractivity contribution < 1.29 is 196 Å². The molecule has 0 N–H and O–H groups in total. The van der Waals surface area contributed by atoms with Gasteiger partial charge in [-0.3, -0.25) is 0 Å². The standard InChI is InChI=1S/5C19H14.C13H10.17C2H6.6Y/c1-15-7-5-10-17(13-15)19-12-6-11-18(14-19)16-8-3-2-4-9-16;1-15-11-13-17(14-12-15)19-10-6-5-9-18(19)16-7-3-2-4-8-16;2*1-15-10-12-17(13-11-15)19-9-5-8-18(14-19)16-6-3-2-4-7-16;1-15-7-9-17(10-8-15)19-13-11-18(12-14-19)16-5-3-2-4-6-16;1-11-6-5-9-13(10-11)12-7-3-2-4-8-12;17*1-2;;;;;;/h2-8,10,12-14H,1H3;2-7,10-14H,1H3;2-6,9-14H,1H3;2-6,8-13H,1H3;2-5,7-11,13-14H,1H3;2-7,10H,1H3;17*1-2H3;;;;;;/q6*-2;;;;;;;;;;;;;;;;;;;;;;;. The third-order valence-electron chi connectivity index (χ3n) is 17.8. The van der Waals surface area contributed by atoms with E-state index in [1.807, 2.05) is 393 Å². The van der Waals surface area contributed by atoms with Gasteiger partial charge in [0.15, 0.2) is 0 Å². The van der Waals surface area contributed by atoms with E-state index < -0.39 is 0 Å². The van der Waals surface area contributed by atoms with Gasteiger partial charge in [0, 0.05) is 196 Å². The van der Waals surface area contributed by atoms with Gasteiger partial charge >= 0.3 is 0 Å². The minimum absolute atomic E-state index is 0. The van der Waals surface area contributed by atoms with Crippen LogP contribution < -0.4 is 0 Å². The van der Waals surface area contributed by atoms with Gasteiger partial charge in [0.1, 0.15) is 0 Å². The van der Waals surface area contributed by atoms with E-state index in [1.54, 1.807) is 0 Å². The number of hydrogen-bond donors (Lipinski definition) is 0. The number of aryl methyl sites for hydroxylation is 6. The van der Waals surface area contributed by atoms with Gasteiger partial charge in [-0.05, 0) is 45.7 Å². The van der Waals surface area contributed by atoms with E-state index in [1.165, 1.54) is 83.5 Å². The molecule has 0 saturated carbocycles. The van der Waals surface area contributed by atoms with Gasteiger partial charge in [0.25, 0.3) is 0 Å². The fraction of sp³-hybridized carbons (Fsp3) is 0.282. The largest absolute Gasteiger partial charge is 0.226 e. The maximum atomic E-state index is 3.47. The van der Waals surface area contributed by atoms with Crippen LogP contribution in [-0.2, 0) is 196 Å². The van der Waals surface area contributed by atoms with Gasteiger partial charge in [-0.15, -0.1) is 124 Å². The quantitative estimate of drug-likeness (QED) is 0.113. The molecule has 0 heterocycles. The van der Waals surface area contributed by atoms with Crippen LogP contribution in [-0.4, -0.2) is 0 Å². The van der Waals surface area contributed by atoms with Crippen molar-refractivity contribution in [3.63, 3.8) is 0 Å². The average molecular weight is 2420 g/mol. The SMILES string of the molecule is CC.CC.CC.CC.CC.CC.CC.CC.CC.CC.CC.CC.CC.CC.CC.CC.CC.Cc1cc[c-]c(-c2[c-]cccc2)c1.Cc1ccc(-c2[c-]c(-c3[c-]cccc3)ccc2)cc1.Cc1ccc(-c2c[c-]c(-c3[c-]cccc3)cc2)cc1.Cc1ccc(-c2cc[c-]c(-c3[c-]cccc3)c2)cc1.Cc1ccc(-c2ccc[c-]c2-c2[c-]cccc2)cc1.Cc1cccc(-c2cc[c-]c(-c3[c-]cccc3)c2)c1.[Y].[Y].[Y].[Y].[Y].[Y]. The second kappa shape index (κ2) is 119. The normalized spacial score (nSPS) is 8.22. The van der Waals surface area contributed by atoms with Crippen LogP contribution in [0.2, 0.25) is 0 Å². The second-order valence-electron chi connectivity index (χ2n) is 26.2. The van der Waals surface area contributed by atoms with E-state index in [-0.39, 0.29) is 196 Å². The molecule has 0 saturated heterocycles. The molecule has 780 valence electrons. The van der Waals surface area contributed by atoms with Crippen molar-refractivity contribution in [2.24, 2.45) is 0 Å². The predicted octanol–water partition coefficient (Wildman–Crippen LogP) is 45.3. The van der Waals surface area contributed by atoms with E-state index in [2.05, 4.69) is 333 Å². The summed E-state index contributed by atoms with van der Waals surface area (Å²) in [5, 5.41) is 0. The van der Waals surface area contributed by atoms with Gasteiger partial charge in [-0.2, -0.15) is 242 Å². The van der Waals surface area contributed by atoms with Gasteiger partial charge in [0.05, 0.1) is 0 Å². The van der Waals surface area contributed by atoms with Gasteiger partial charge in [-0.25, -0.2) is 61.2 Å². The van der Waals surface area contributed by atoms with E-state index in [0.29, 0.717) is 0 Å². The molecule has 0 nitrogen and oxygen atoms in total. The van der Waals surface area contributed by atoms with E-state index in [0.717, 1.165) is 72.3 Å². The van der Waals surface area contributed by atoms with Crippen molar-refractivity contribution >= 4 is 0 Å². The Morgan fingerprint density at radius 1 is 0.128 bits per heavy atom. The Morgan fingerprint density at radius 3 is 0.709 bits per heavy atom. The summed E-state index contributed by atoms with van der Waals surface area (Å²) in [5.74, 6) is 0. The smallest absolute Gasteiger partial charge is 0 e. The molecular weight excluding hydrogens is 2240 g/mol. The monoisotopic (exact) mass is 2420 g/mol. The van der Waals surface area contributed by atoms with Crippen molar-refractivity contribution in [1.82, 2.24) is 0 Å². The third-order valence-corrected chi connectivity index (χ3v) is 17.8. The molecule has 17 rings (SSSR count). The maximum Gasteiger partial charge on any atom is 0 e. The molecule has 17 aromatic carbocycles. The van der Waals surface area contributed by atoms with Crippen LogP contribution in [0.3, 0.4) is 0 Å². The Hall–Kier alpha value is -6.64. The summed E-state index contributed by atoms with van der Waals surface area (Å²) >= 11 is 0. The van der Waals surface area contributed by atoms with Crippen LogP contribution in [0, 0.1) is 114 Å². The van der Waals surface area contributed by atoms with E-state index in [9.17, 15) is 0 Å². The molecule has 0 amide bonds. The van der Waals surface area contributed by atoms with Gasteiger partial charge in [-0.1, -0.05) is 408 Å². The maximum absolute atomic E-state index is 3.47. The molecule has 0 aliphatic rings. The summed E-state index contributed by atoms with van der Waals surface area (Å²) in [6.45, 7) is 80.6. The molecule has 6 radical (unpaired) electrons. The summed E-state index contributed by atoms with van der Waals surface area (Å²) in [4.78, 5) is 0. The first-order chi connectivity index (χ1) is 70.0. The molecule has 6 heteroatoms. The summed E-state index contributed by atoms with van der Waals surface area (Å²) in [6.07, 6.45) is 0. The van der Waals surface area contributed by atoms with Crippen molar-refractivity contribution in [2.45, 2.75) is 277 Å². The first kappa shape index (κ1) is 166. The molecule has 0 aromatic heterocycles.